The molecule has 4 unspecified atom stereocenters. The second-order valence-corrected chi connectivity index (χ2v) is 8.98. The van der Waals surface area contributed by atoms with E-state index in [2.05, 4.69) is 10.2 Å². The van der Waals surface area contributed by atoms with Crippen LogP contribution in [0, 0.1) is 17.8 Å². The molecule has 1 aromatic carbocycles. The predicted molar refractivity (Wildman–Crippen MR) is 116 cm³/mol. The maximum absolute atomic E-state index is 13.2. The molecule has 3 rings (SSSR count). The minimum atomic E-state index is -0.755. The number of allylic oxidation sites excluding steroid dienone is 2. The fourth-order valence-electron chi connectivity index (χ4n) is 4.50. The summed E-state index contributed by atoms with van der Waals surface area (Å²) in [5.74, 6) is -1.09. The van der Waals surface area contributed by atoms with Crippen molar-refractivity contribution in [2.45, 2.75) is 45.2 Å². The van der Waals surface area contributed by atoms with Crippen molar-refractivity contribution < 1.29 is 14.4 Å². The van der Waals surface area contributed by atoms with Crippen LogP contribution in [0.25, 0.3) is 0 Å². The van der Waals surface area contributed by atoms with E-state index in [1.807, 2.05) is 70.4 Å². The first kappa shape index (κ1) is 22.2. The van der Waals surface area contributed by atoms with Crippen LogP contribution in [0.4, 0.5) is 0 Å². The summed E-state index contributed by atoms with van der Waals surface area (Å²) in [5, 5.41) is 3.03. The van der Waals surface area contributed by atoms with Crippen molar-refractivity contribution in [1.29, 1.82) is 0 Å². The lowest BCUT2D eigenvalue weighted by Crippen LogP contribution is -2.51. The Kier molecular flexibility index (Phi) is 7.08. The molecule has 0 radical (unpaired) electrons. The van der Waals surface area contributed by atoms with Gasteiger partial charge in [-0.25, -0.2) is 0 Å². The van der Waals surface area contributed by atoms with Gasteiger partial charge in [-0.1, -0.05) is 56.3 Å². The molecule has 1 heterocycles. The molecule has 0 spiro atoms. The van der Waals surface area contributed by atoms with Gasteiger partial charge in [0.05, 0.1) is 17.9 Å². The van der Waals surface area contributed by atoms with Gasteiger partial charge in [0.1, 0.15) is 6.04 Å². The van der Waals surface area contributed by atoms with Crippen molar-refractivity contribution in [3.8, 4) is 0 Å². The number of imide groups is 1. The van der Waals surface area contributed by atoms with Gasteiger partial charge in [0.2, 0.25) is 17.7 Å². The summed E-state index contributed by atoms with van der Waals surface area (Å²) in [7, 11) is 3.95. The highest BCUT2D eigenvalue weighted by Gasteiger charge is 2.51. The van der Waals surface area contributed by atoms with Crippen LogP contribution < -0.4 is 5.32 Å². The summed E-state index contributed by atoms with van der Waals surface area (Å²) in [6.07, 6.45) is 5.56. The van der Waals surface area contributed by atoms with Gasteiger partial charge in [0.25, 0.3) is 0 Å². The van der Waals surface area contributed by atoms with E-state index in [1.54, 1.807) is 0 Å². The molecule has 0 bridgehead atoms. The van der Waals surface area contributed by atoms with E-state index < -0.39 is 6.04 Å². The van der Waals surface area contributed by atoms with Gasteiger partial charge in [0, 0.05) is 6.54 Å². The third-order valence-electron chi connectivity index (χ3n) is 6.13. The summed E-state index contributed by atoms with van der Waals surface area (Å²) in [4.78, 5) is 42.6. The lowest BCUT2D eigenvalue weighted by Gasteiger charge is -2.30. The van der Waals surface area contributed by atoms with Crippen molar-refractivity contribution in [3.63, 3.8) is 0 Å². The summed E-state index contributed by atoms with van der Waals surface area (Å²) in [6, 6.07) is 9.24. The highest BCUT2D eigenvalue weighted by molar-refractivity contribution is 6.08. The Bertz CT molecular complexity index is 777. The first-order valence-electron chi connectivity index (χ1n) is 10.8. The zero-order valence-corrected chi connectivity index (χ0v) is 18.4. The number of nitrogens with zero attached hydrogens (tertiary/aromatic N) is 2. The topological polar surface area (TPSA) is 69.7 Å². The fourth-order valence-corrected chi connectivity index (χ4v) is 4.50. The van der Waals surface area contributed by atoms with Gasteiger partial charge >= 0.3 is 0 Å². The number of carbonyl (C=O) groups excluding carboxylic acids is 3. The van der Waals surface area contributed by atoms with E-state index in [0.717, 1.165) is 5.56 Å². The van der Waals surface area contributed by atoms with Gasteiger partial charge < -0.3 is 10.2 Å². The van der Waals surface area contributed by atoms with Crippen LogP contribution >= 0.6 is 0 Å². The lowest BCUT2D eigenvalue weighted by molar-refractivity contribution is -0.148. The van der Waals surface area contributed by atoms with E-state index in [1.165, 1.54) is 4.90 Å². The summed E-state index contributed by atoms with van der Waals surface area (Å²) in [6.45, 7) is 4.42. The highest BCUT2D eigenvalue weighted by atomic mass is 16.2. The van der Waals surface area contributed by atoms with E-state index in [-0.39, 0.29) is 41.5 Å². The van der Waals surface area contributed by atoms with Crippen molar-refractivity contribution in [2.75, 3.05) is 20.6 Å². The lowest BCUT2D eigenvalue weighted by atomic mass is 9.85. The zero-order valence-electron chi connectivity index (χ0n) is 18.4. The Morgan fingerprint density at radius 3 is 2.13 bits per heavy atom. The Morgan fingerprint density at radius 2 is 1.63 bits per heavy atom. The molecule has 6 nitrogen and oxygen atoms in total. The van der Waals surface area contributed by atoms with Crippen molar-refractivity contribution in [2.24, 2.45) is 17.8 Å². The molecule has 6 heteroatoms. The Labute approximate surface area is 179 Å². The zero-order chi connectivity index (χ0) is 21.8. The molecule has 4 atom stereocenters. The number of benzene rings is 1. The minimum Gasteiger partial charge on any atom is -0.352 e. The van der Waals surface area contributed by atoms with E-state index in [9.17, 15) is 14.4 Å². The van der Waals surface area contributed by atoms with Crippen molar-refractivity contribution in [1.82, 2.24) is 15.1 Å². The van der Waals surface area contributed by atoms with Gasteiger partial charge in [-0.05, 0) is 44.8 Å². The minimum absolute atomic E-state index is 0.00612. The summed E-state index contributed by atoms with van der Waals surface area (Å²) < 4.78 is 0. The van der Waals surface area contributed by atoms with E-state index in [0.29, 0.717) is 25.8 Å². The maximum Gasteiger partial charge on any atom is 0.243 e. The van der Waals surface area contributed by atoms with Crippen LogP contribution in [0.15, 0.2) is 42.5 Å². The van der Waals surface area contributed by atoms with Crippen LogP contribution in [-0.4, -0.2) is 54.2 Å². The normalized spacial score (nSPS) is 23.1. The molecule has 1 N–H and O–H groups in total. The maximum atomic E-state index is 13.2. The Balaban J connectivity index is 1.76. The van der Waals surface area contributed by atoms with E-state index >= 15 is 0 Å². The second-order valence-electron chi connectivity index (χ2n) is 8.98. The quantitative estimate of drug-likeness (QED) is 0.528. The number of likely N-dealkylation sites (N-methyl/N-ethyl adjacent to an activating group) is 1. The number of nitrogens with one attached hydrogen (secondary N) is 1. The molecule has 1 aliphatic carbocycles. The summed E-state index contributed by atoms with van der Waals surface area (Å²) >= 11 is 0. The Hall–Kier alpha value is -2.47. The molecule has 30 heavy (non-hydrogen) atoms. The molecule has 0 aromatic heterocycles. The molecule has 1 saturated heterocycles. The molecule has 162 valence electrons. The largest absolute Gasteiger partial charge is 0.352 e. The average molecular weight is 412 g/mol. The first-order chi connectivity index (χ1) is 14.3. The van der Waals surface area contributed by atoms with Crippen LogP contribution in [0.3, 0.4) is 0 Å². The average Bonchev–Trinajstić information content (AvgIpc) is 2.97. The fraction of sp³-hybridized carbons (Fsp3) is 0.542. The number of likely N-dealkylation sites (tertiary alicyclic amines) is 1. The molecule has 0 saturated carbocycles. The van der Waals surface area contributed by atoms with Crippen LogP contribution in [0.1, 0.15) is 44.7 Å². The molecular weight excluding hydrogens is 378 g/mol. The van der Waals surface area contributed by atoms with Gasteiger partial charge in [-0.15, -0.1) is 0 Å². The molecular formula is C24H33N3O3. The molecule has 1 aliphatic heterocycles. The number of carbonyl (C=O) groups is 3. The SMILES string of the molecule is CC(C)CC(C(=O)NCC(c1ccccc1)N(C)C)N1C(=O)C2CC=CCC2C1=O. The number of hydrogen-bond donors (Lipinski definition) is 1. The van der Waals surface area contributed by atoms with Gasteiger partial charge in [-0.3, -0.25) is 19.3 Å². The first-order valence-corrected chi connectivity index (χ1v) is 10.8. The van der Waals surface area contributed by atoms with Gasteiger partial charge in [0.15, 0.2) is 0 Å². The number of rotatable bonds is 8. The Morgan fingerprint density at radius 1 is 1.07 bits per heavy atom. The van der Waals surface area contributed by atoms with Crippen LogP contribution in [-0.2, 0) is 14.4 Å². The predicted octanol–water partition coefficient (Wildman–Crippen LogP) is 2.77. The standard InChI is InChI=1S/C24H33N3O3/c1-16(2)14-20(27-23(29)18-12-8-9-13-19(18)24(27)30)22(28)25-15-21(26(3)4)17-10-6-5-7-11-17/h5-11,16,18-21H,12-15H2,1-4H3,(H,25,28). The second kappa shape index (κ2) is 9.56. The molecule has 3 amide bonds. The van der Waals surface area contributed by atoms with Crippen LogP contribution in [0.5, 0.6) is 0 Å². The monoisotopic (exact) mass is 411 g/mol. The smallest absolute Gasteiger partial charge is 0.243 e. The molecule has 2 aliphatic rings. The third kappa shape index (κ3) is 4.64. The van der Waals surface area contributed by atoms with Crippen LogP contribution in [0.2, 0.25) is 0 Å². The van der Waals surface area contributed by atoms with E-state index in [4.69, 9.17) is 0 Å². The number of hydrogen-bond acceptors (Lipinski definition) is 4. The van der Waals surface area contributed by atoms with Crippen molar-refractivity contribution >= 4 is 17.7 Å². The summed E-state index contributed by atoms with van der Waals surface area (Å²) in [5.41, 5.74) is 1.11. The van der Waals surface area contributed by atoms with Crippen molar-refractivity contribution in [3.05, 3.63) is 48.0 Å². The molecule has 1 fully saturated rings. The highest BCUT2D eigenvalue weighted by Crippen LogP contribution is 2.37. The number of fused-ring (bicyclic) bond motifs is 1. The third-order valence-corrected chi connectivity index (χ3v) is 6.13. The number of amides is 3. The molecule has 1 aromatic rings. The van der Waals surface area contributed by atoms with Gasteiger partial charge in [-0.2, -0.15) is 0 Å².